The highest BCUT2D eigenvalue weighted by atomic mass is 35.5. The van der Waals surface area contributed by atoms with E-state index in [2.05, 4.69) is 24.2 Å². The summed E-state index contributed by atoms with van der Waals surface area (Å²) in [6, 6.07) is 0. The molecular weight excluding hydrogens is 226 g/mol. The lowest BCUT2D eigenvalue weighted by molar-refractivity contribution is 0.607. The number of unbranched alkanes of at least 4 members (excludes halogenated alkanes) is 5. The third-order valence-electron chi connectivity index (χ3n) is 2.41. The average Bonchev–Trinajstić information content (AvgIpc) is 2.58. The Morgan fingerprint density at radius 1 is 1.13 bits per heavy atom. The van der Waals surface area contributed by atoms with E-state index in [4.69, 9.17) is 0 Å². The fourth-order valence-electron chi connectivity index (χ4n) is 1.57. The Bertz CT molecular complexity index is 248. The second-order valence-corrected chi connectivity index (χ2v) is 4.84. The molecular formula is C12H22ClNS. The maximum atomic E-state index is 4.46. The topological polar surface area (TPSA) is 12.9 Å². The van der Waals surface area contributed by atoms with Crippen LogP contribution in [-0.4, -0.2) is 4.98 Å². The smallest absolute Gasteiger partial charge is 0.0928 e. The summed E-state index contributed by atoms with van der Waals surface area (Å²) >= 11 is 1.81. The number of halogens is 1. The molecule has 1 rings (SSSR count). The van der Waals surface area contributed by atoms with Crippen LogP contribution in [0.4, 0.5) is 0 Å². The fraction of sp³-hybridized carbons (Fsp3) is 0.750. The van der Waals surface area contributed by atoms with Gasteiger partial charge in [0, 0.05) is 11.1 Å². The molecule has 88 valence electrons. The van der Waals surface area contributed by atoms with Gasteiger partial charge in [0.05, 0.1) is 5.01 Å². The SMILES string of the molecule is CCCCCCCCc1nc(C)cs1.Cl. The zero-order valence-electron chi connectivity index (χ0n) is 9.79. The van der Waals surface area contributed by atoms with Gasteiger partial charge in [-0.2, -0.15) is 0 Å². The first-order chi connectivity index (χ1) is 6.83. The van der Waals surface area contributed by atoms with Crippen molar-refractivity contribution >= 4 is 23.7 Å². The van der Waals surface area contributed by atoms with Crippen molar-refractivity contribution in [2.24, 2.45) is 0 Å². The maximum absolute atomic E-state index is 4.46. The summed E-state index contributed by atoms with van der Waals surface area (Å²) in [6.45, 7) is 4.33. The molecule has 15 heavy (non-hydrogen) atoms. The maximum Gasteiger partial charge on any atom is 0.0928 e. The summed E-state index contributed by atoms with van der Waals surface area (Å²) in [5.74, 6) is 0. The molecule has 0 aliphatic heterocycles. The van der Waals surface area contributed by atoms with Gasteiger partial charge in [0.1, 0.15) is 0 Å². The van der Waals surface area contributed by atoms with Gasteiger partial charge in [-0.1, -0.05) is 39.0 Å². The molecule has 1 nitrogen and oxygen atoms in total. The predicted octanol–water partition coefficient (Wildman–Crippen LogP) is 4.78. The summed E-state index contributed by atoms with van der Waals surface area (Å²) in [6.07, 6.45) is 9.42. The molecule has 0 aliphatic rings. The average molecular weight is 248 g/mol. The van der Waals surface area contributed by atoms with Crippen molar-refractivity contribution < 1.29 is 0 Å². The van der Waals surface area contributed by atoms with Gasteiger partial charge in [-0.15, -0.1) is 23.7 Å². The van der Waals surface area contributed by atoms with E-state index in [0.29, 0.717) is 0 Å². The molecule has 0 aromatic carbocycles. The van der Waals surface area contributed by atoms with Gasteiger partial charge >= 0.3 is 0 Å². The van der Waals surface area contributed by atoms with Crippen LogP contribution in [0.5, 0.6) is 0 Å². The molecule has 1 heterocycles. The van der Waals surface area contributed by atoms with Crippen LogP contribution in [-0.2, 0) is 6.42 Å². The van der Waals surface area contributed by atoms with Gasteiger partial charge in [0.15, 0.2) is 0 Å². The standard InChI is InChI=1S/C12H21NS.ClH/c1-3-4-5-6-7-8-9-12-13-11(2)10-14-12;/h10H,3-9H2,1-2H3;1H. The molecule has 0 amide bonds. The normalized spacial score (nSPS) is 10.0. The molecule has 0 saturated carbocycles. The highest BCUT2D eigenvalue weighted by molar-refractivity contribution is 7.09. The fourth-order valence-corrected chi connectivity index (χ4v) is 2.39. The molecule has 0 saturated heterocycles. The summed E-state index contributed by atoms with van der Waals surface area (Å²) < 4.78 is 0. The lowest BCUT2D eigenvalue weighted by atomic mass is 10.1. The third-order valence-corrected chi connectivity index (χ3v) is 3.44. The first-order valence-electron chi connectivity index (χ1n) is 5.74. The number of aryl methyl sites for hydroxylation is 2. The minimum Gasteiger partial charge on any atom is -0.247 e. The molecule has 1 aromatic heterocycles. The number of hydrogen-bond acceptors (Lipinski definition) is 2. The van der Waals surface area contributed by atoms with Crippen molar-refractivity contribution in [2.45, 2.75) is 58.8 Å². The molecule has 1 aromatic rings. The van der Waals surface area contributed by atoms with Crippen LogP contribution in [0.25, 0.3) is 0 Å². The number of hydrogen-bond donors (Lipinski definition) is 0. The van der Waals surface area contributed by atoms with Gasteiger partial charge in [-0.3, -0.25) is 0 Å². The lowest BCUT2D eigenvalue weighted by Gasteiger charge is -1.98. The Labute approximate surface area is 104 Å². The molecule has 0 unspecified atom stereocenters. The van der Waals surface area contributed by atoms with Crippen LogP contribution >= 0.6 is 23.7 Å². The molecule has 0 radical (unpaired) electrons. The third kappa shape index (κ3) is 6.91. The van der Waals surface area contributed by atoms with E-state index in [0.717, 1.165) is 0 Å². The quantitative estimate of drug-likeness (QED) is 0.632. The summed E-state index contributed by atoms with van der Waals surface area (Å²) in [5, 5.41) is 3.46. The molecule has 0 atom stereocenters. The van der Waals surface area contributed by atoms with Crippen molar-refractivity contribution in [3.05, 3.63) is 16.1 Å². The van der Waals surface area contributed by atoms with E-state index in [1.165, 1.54) is 55.6 Å². The Balaban J connectivity index is 0.00000196. The molecule has 0 spiro atoms. The van der Waals surface area contributed by atoms with Crippen LogP contribution in [0.1, 0.15) is 56.2 Å². The number of aromatic nitrogens is 1. The van der Waals surface area contributed by atoms with E-state index in [1.54, 1.807) is 11.3 Å². The van der Waals surface area contributed by atoms with E-state index < -0.39 is 0 Å². The van der Waals surface area contributed by atoms with Crippen LogP contribution in [0.3, 0.4) is 0 Å². The number of thiazole rings is 1. The van der Waals surface area contributed by atoms with E-state index in [1.807, 2.05) is 0 Å². The van der Waals surface area contributed by atoms with Crippen molar-refractivity contribution in [1.82, 2.24) is 4.98 Å². The molecule has 0 bridgehead atoms. The number of nitrogens with zero attached hydrogens (tertiary/aromatic N) is 1. The lowest BCUT2D eigenvalue weighted by Crippen LogP contribution is -1.85. The summed E-state index contributed by atoms with van der Waals surface area (Å²) in [4.78, 5) is 4.46. The number of rotatable bonds is 7. The first-order valence-corrected chi connectivity index (χ1v) is 6.62. The van der Waals surface area contributed by atoms with Crippen molar-refractivity contribution in [3.63, 3.8) is 0 Å². The van der Waals surface area contributed by atoms with Crippen molar-refractivity contribution in [2.75, 3.05) is 0 Å². The van der Waals surface area contributed by atoms with Gasteiger partial charge < -0.3 is 0 Å². The van der Waals surface area contributed by atoms with Gasteiger partial charge in [-0.05, 0) is 19.8 Å². The Kier molecular flexibility index (Phi) is 9.12. The Hall–Kier alpha value is -0.0800. The highest BCUT2D eigenvalue weighted by Gasteiger charge is 1.97. The van der Waals surface area contributed by atoms with Crippen LogP contribution in [0.2, 0.25) is 0 Å². The van der Waals surface area contributed by atoms with Gasteiger partial charge in [0.2, 0.25) is 0 Å². The van der Waals surface area contributed by atoms with Crippen LogP contribution in [0.15, 0.2) is 5.38 Å². The minimum atomic E-state index is 0. The highest BCUT2D eigenvalue weighted by Crippen LogP contribution is 2.13. The van der Waals surface area contributed by atoms with E-state index in [-0.39, 0.29) is 12.4 Å². The second kappa shape index (κ2) is 9.17. The summed E-state index contributed by atoms with van der Waals surface area (Å²) in [7, 11) is 0. The van der Waals surface area contributed by atoms with E-state index >= 15 is 0 Å². The monoisotopic (exact) mass is 247 g/mol. The Morgan fingerprint density at radius 3 is 2.40 bits per heavy atom. The van der Waals surface area contributed by atoms with Gasteiger partial charge in [-0.25, -0.2) is 4.98 Å². The van der Waals surface area contributed by atoms with Crippen molar-refractivity contribution in [3.8, 4) is 0 Å². The van der Waals surface area contributed by atoms with Crippen LogP contribution < -0.4 is 0 Å². The predicted molar refractivity (Wildman–Crippen MR) is 71.2 cm³/mol. The zero-order valence-corrected chi connectivity index (χ0v) is 11.4. The minimum absolute atomic E-state index is 0. The molecule has 0 fully saturated rings. The van der Waals surface area contributed by atoms with Crippen molar-refractivity contribution in [1.29, 1.82) is 0 Å². The Morgan fingerprint density at radius 2 is 1.80 bits per heavy atom. The second-order valence-electron chi connectivity index (χ2n) is 3.90. The first kappa shape index (κ1) is 14.9. The summed E-state index contributed by atoms with van der Waals surface area (Å²) in [5.41, 5.74) is 1.18. The van der Waals surface area contributed by atoms with E-state index in [9.17, 15) is 0 Å². The largest absolute Gasteiger partial charge is 0.247 e. The molecule has 0 aliphatic carbocycles. The molecule has 0 N–H and O–H groups in total. The zero-order chi connectivity index (χ0) is 10.2. The van der Waals surface area contributed by atoms with Gasteiger partial charge in [0.25, 0.3) is 0 Å². The van der Waals surface area contributed by atoms with Crippen LogP contribution in [0, 0.1) is 6.92 Å². The molecule has 3 heteroatoms.